The molecule has 1 aliphatic rings. The van der Waals surface area contributed by atoms with Crippen LogP contribution in [0, 0.1) is 0 Å². The molecule has 30 heavy (non-hydrogen) atoms. The molecular formula is C22H21ClN2O4S. The lowest BCUT2D eigenvalue weighted by Crippen LogP contribution is -2.30. The van der Waals surface area contributed by atoms with Gasteiger partial charge >= 0.3 is 11.9 Å². The smallest absolute Gasteiger partial charge is 0.338 e. The van der Waals surface area contributed by atoms with Gasteiger partial charge in [0.25, 0.3) is 0 Å². The quantitative estimate of drug-likeness (QED) is 0.621. The van der Waals surface area contributed by atoms with E-state index >= 15 is 0 Å². The van der Waals surface area contributed by atoms with Gasteiger partial charge in [-0.25, -0.2) is 14.6 Å². The van der Waals surface area contributed by atoms with Gasteiger partial charge in [0.15, 0.2) is 5.17 Å². The lowest BCUT2D eigenvalue weighted by Gasteiger charge is -2.26. The summed E-state index contributed by atoms with van der Waals surface area (Å²) in [7, 11) is 0. The number of allylic oxidation sites excluding steroid dienone is 1. The zero-order chi connectivity index (χ0) is 21.7. The van der Waals surface area contributed by atoms with Gasteiger partial charge < -0.3 is 15.2 Å². The van der Waals surface area contributed by atoms with E-state index in [-0.39, 0.29) is 12.2 Å². The second-order valence-corrected chi connectivity index (χ2v) is 7.97. The second kappa shape index (κ2) is 9.82. The van der Waals surface area contributed by atoms with Crippen molar-refractivity contribution in [1.82, 2.24) is 5.32 Å². The molecule has 0 amide bonds. The molecule has 1 atom stereocenters. The third-order valence-electron chi connectivity index (χ3n) is 4.45. The fourth-order valence-corrected chi connectivity index (χ4v) is 4.04. The van der Waals surface area contributed by atoms with Crippen molar-refractivity contribution in [3.63, 3.8) is 0 Å². The van der Waals surface area contributed by atoms with Crippen LogP contribution in [0.15, 0.2) is 64.8 Å². The van der Waals surface area contributed by atoms with Crippen molar-refractivity contribution in [2.24, 2.45) is 4.99 Å². The number of carbonyl (C=O) groups is 2. The Bertz CT molecular complexity index is 1020. The molecule has 0 bridgehead atoms. The highest BCUT2D eigenvalue weighted by Gasteiger charge is 2.30. The Morgan fingerprint density at radius 2 is 1.97 bits per heavy atom. The van der Waals surface area contributed by atoms with Crippen molar-refractivity contribution in [1.29, 1.82) is 0 Å². The first-order chi connectivity index (χ1) is 14.4. The number of rotatable bonds is 6. The molecular weight excluding hydrogens is 424 g/mol. The van der Waals surface area contributed by atoms with E-state index in [1.54, 1.807) is 37.3 Å². The van der Waals surface area contributed by atoms with Crippen molar-refractivity contribution in [3.8, 4) is 0 Å². The van der Waals surface area contributed by atoms with Crippen molar-refractivity contribution in [3.05, 3.63) is 81.5 Å². The molecule has 2 aromatic rings. The average molecular weight is 445 g/mol. The number of hydrogen-bond acceptors (Lipinski definition) is 6. The summed E-state index contributed by atoms with van der Waals surface area (Å²) < 4.78 is 5.23. The molecule has 0 radical (unpaired) electrons. The number of benzene rings is 2. The molecule has 2 aromatic carbocycles. The number of carboxylic acids is 1. The summed E-state index contributed by atoms with van der Waals surface area (Å²) in [6, 6.07) is 13.5. The minimum atomic E-state index is -0.962. The molecule has 0 fully saturated rings. The number of thioether (sulfide) groups is 1. The highest BCUT2D eigenvalue weighted by molar-refractivity contribution is 8.13. The molecule has 156 valence electrons. The normalized spacial score (nSPS) is 16.0. The van der Waals surface area contributed by atoms with E-state index in [0.29, 0.717) is 27.2 Å². The number of nitrogens with zero attached hydrogens (tertiary/aromatic N) is 1. The first kappa shape index (κ1) is 21.9. The first-order valence-electron chi connectivity index (χ1n) is 9.32. The molecule has 8 heteroatoms. The van der Waals surface area contributed by atoms with Gasteiger partial charge in [-0.1, -0.05) is 47.6 Å². The Morgan fingerprint density at radius 3 is 2.63 bits per heavy atom. The van der Waals surface area contributed by atoms with Gasteiger partial charge in [0.2, 0.25) is 0 Å². The Kier molecular flexibility index (Phi) is 7.18. The largest absolute Gasteiger partial charge is 0.478 e. The van der Waals surface area contributed by atoms with Crippen molar-refractivity contribution in [2.45, 2.75) is 25.6 Å². The van der Waals surface area contributed by atoms with Gasteiger partial charge in [0.1, 0.15) is 6.04 Å². The van der Waals surface area contributed by atoms with E-state index in [2.05, 4.69) is 5.32 Å². The van der Waals surface area contributed by atoms with E-state index in [0.717, 1.165) is 11.1 Å². The van der Waals surface area contributed by atoms with Crippen LogP contribution in [-0.2, 0) is 15.3 Å². The maximum absolute atomic E-state index is 12.6. The third kappa shape index (κ3) is 5.23. The first-order valence-corrected chi connectivity index (χ1v) is 10.7. The zero-order valence-electron chi connectivity index (χ0n) is 16.5. The molecule has 0 saturated carbocycles. The summed E-state index contributed by atoms with van der Waals surface area (Å²) in [6.07, 6.45) is 0. The van der Waals surface area contributed by atoms with Crippen LogP contribution in [0.5, 0.6) is 0 Å². The standard InChI is InChI=1S/C22H21ClN2O4S/c1-3-29-21(28)18-13(2)24-22(25-19(18)15-7-9-17(23)10-8-15)30-12-14-5-4-6-16(11-14)20(26)27/h4-11,19H,3,12H2,1-2H3,(H,24,25)(H,26,27)/t19-/m1/s1. The highest BCUT2D eigenvalue weighted by Crippen LogP contribution is 2.34. The molecule has 3 rings (SSSR count). The molecule has 0 unspecified atom stereocenters. The van der Waals surface area contributed by atoms with Crippen LogP contribution in [0.25, 0.3) is 0 Å². The van der Waals surface area contributed by atoms with Crippen LogP contribution in [0.3, 0.4) is 0 Å². The lowest BCUT2D eigenvalue weighted by atomic mass is 9.97. The van der Waals surface area contributed by atoms with Gasteiger partial charge in [-0.2, -0.15) is 0 Å². The average Bonchev–Trinajstić information content (AvgIpc) is 2.72. The van der Waals surface area contributed by atoms with Crippen LogP contribution < -0.4 is 5.32 Å². The second-order valence-electron chi connectivity index (χ2n) is 6.57. The minimum absolute atomic E-state index is 0.242. The molecule has 1 heterocycles. The van der Waals surface area contributed by atoms with Gasteiger partial charge in [0.05, 0.1) is 17.7 Å². The number of halogens is 1. The number of carboxylic acid groups (broad SMARTS) is 1. The molecule has 6 nitrogen and oxygen atoms in total. The highest BCUT2D eigenvalue weighted by atomic mass is 35.5. The van der Waals surface area contributed by atoms with Crippen molar-refractivity contribution in [2.75, 3.05) is 6.61 Å². The van der Waals surface area contributed by atoms with Gasteiger partial charge in [0, 0.05) is 16.5 Å². The van der Waals surface area contributed by atoms with E-state index in [1.807, 2.05) is 25.1 Å². The summed E-state index contributed by atoms with van der Waals surface area (Å²) in [4.78, 5) is 28.5. The summed E-state index contributed by atoms with van der Waals surface area (Å²) in [5.41, 5.74) is 3.06. The maximum atomic E-state index is 12.6. The van der Waals surface area contributed by atoms with Crippen LogP contribution >= 0.6 is 23.4 Å². The number of carbonyl (C=O) groups excluding carboxylic acids is 1. The summed E-state index contributed by atoms with van der Waals surface area (Å²) in [5, 5.41) is 13.6. The Labute approximate surface area is 184 Å². The van der Waals surface area contributed by atoms with Crippen LogP contribution in [0.2, 0.25) is 5.02 Å². The predicted molar refractivity (Wildman–Crippen MR) is 119 cm³/mol. The summed E-state index contributed by atoms with van der Waals surface area (Å²) in [5.74, 6) is -0.845. The molecule has 2 N–H and O–H groups in total. The fourth-order valence-electron chi connectivity index (χ4n) is 3.03. The number of esters is 1. The Balaban J connectivity index is 1.86. The third-order valence-corrected chi connectivity index (χ3v) is 5.66. The van der Waals surface area contributed by atoms with Gasteiger partial charge in [-0.15, -0.1) is 0 Å². The lowest BCUT2D eigenvalue weighted by molar-refractivity contribution is -0.138. The number of nitrogens with one attached hydrogen (secondary N) is 1. The van der Waals surface area contributed by atoms with E-state index in [1.165, 1.54) is 11.8 Å². The number of aromatic carboxylic acids is 1. The monoisotopic (exact) mass is 444 g/mol. The number of hydrogen-bond donors (Lipinski definition) is 2. The Hall–Kier alpha value is -2.77. The van der Waals surface area contributed by atoms with Crippen LogP contribution in [-0.4, -0.2) is 28.8 Å². The van der Waals surface area contributed by atoms with Crippen LogP contribution in [0.4, 0.5) is 0 Å². The topological polar surface area (TPSA) is 88.0 Å². The maximum Gasteiger partial charge on any atom is 0.338 e. The van der Waals surface area contributed by atoms with E-state index in [9.17, 15) is 9.59 Å². The van der Waals surface area contributed by atoms with Gasteiger partial charge in [-0.05, 0) is 49.2 Å². The number of aliphatic imine (C=N–C) groups is 1. The molecule has 0 saturated heterocycles. The van der Waals surface area contributed by atoms with E-state index in [4.69, 9.17) is 26.4 Å². The molecule has 0 spiro atoms. The summed E-state index contributed by atoms with van der Waals surface area (Å²) in [6.45, 7) is 3.85. The van der Waals surface area contributed by atoms with Crippen LogP contribution in [0.1, 0.15) is 41.4 Å². The number of ether oxygens (including phenoxy) is 1. The Morgan fingerprint density at radius 1 is 1.23 bits per heavy atom. The van der Waals surface area contributed by atoms with Crippen molar-refractivity contribution >= 4 is 40.5 Å². The molecule has 1 aliphatic heterocycles. The van der Waals surface area contributed by atoms with E-state index < -0.39 is 18.0 Å². The summed E-state index contributed by atoms with van der Waals surface area (Å²) >= 11 is 7.45. The molecule has 0 aromatic heterocycles. The number of amidine groups is 1. The molecule has 0 aliphatic carbocycles. The fraction of sp³-hybridized carbons (Fsp3) is 0.227. The minimum Gasteiger partial charge on any atom is -0.478 e. The van der Waals surface area contributed by atoms with Gasteiger partial charge in [-0.3, -0.25) is 0 Å². The SMILES string of the molecule is CCOC(=O)C1=C(C)NC(SCc2cccc(C(=O)O)c2)=N[C@@H]1c1ccc(Cl)cc1. The zero-order valence-corrected chi connectivity index (χ0v) is 18.1. The predicted octanol–water partition coefficient (Wildman–Crippen LogP) is 4.81. The van der Waals surface area contributed by atoms with Crippen molar-refractivity contribution < 1.29 is 19.4 Å².